The highest BCUT2D eigenvalue weighted by Gasteiger charge is 2.30. The van der Waals surface area contributed by atoms with E-state index in [4.69, 9.17) is 5.73 Å². The molecule has 6 nitrogen and oxygen atoms in total. The standard InChI is InChI=1S/C16H18F3N5O/c17-16(18,19)11-6-4-10(5-7-11)8-24-9-14(22-23-24)15(25)21-13-3-1-2-12(13)20/h4-7,9,12-13H,1-3,8,20H2,(H,21,25)/t12-,13+/m0/s1. The predicted octanol–water partition coefficient (Wildman–Crippen LogP) is 1.95. The lowest BCUT2D eigenvalue weighted by atomic mass is 10.1. The number of rotatable bonds is 4. The Morgan fingerprint density at radius 3 is 2.60 bits per heavy atom. The van der Waals surface area contributed by atoms with Gasteiger partial charge in [0.1, 0.15) is 0 Å². The van der Waals surface area contributed by atoms with Gasteiger partial charge in [0.05, 0.1) is 18.3 Å². The second kappa shape index (κ2) is 6.83. The lowest BCUT2D eigenvalue weighted by molar-refractivity contribution is -0.137. The van der Waals surface area contributed by atoms with Crippen LogP contribution in [0.2, 0.25) is 0 Å². The zero-order valence-corrected chi connectivity index (χ0v) is 13.3. The van der Waals surface area contributed by atoms with Gasteiger partial charge < -0.3 is 11.1 Å². The van der Waals surface area contributed by atoms with Crippen LogP contribution in [0.3, 0.4) is 0 Å². The van der Waals surface area contributed by atoms with Crippen molar-refractivity contribution < 1.29 is 18.0 Å². The van der Waals surface area contributed by atoms with Gasteiger partial charge in [0.2, 0.25) is 0 Å². The minimum absolute atomic E-state index is 0.0499. The van der Waals surface area contributed by atoms with Crippen molar-refractivity contribution in [2.75, 3.05) is 0 Å². The molecule has 2 aromatic rings. The number of aromatic nitrogens is 3. The van der Waals surface area contributed by atoms with Crippen LogP contribution in [0.15, 0.2) is 30.5 Å². The second-order valence-electron chi connectivity index (χ2n) is 6.17. The van der Waals surface area contributed by atoms with E-state index in [0.717, 1.165) is 31.4 Å². The molecule has 1 aliphatic rings. The Kier molecular flexibility index (Phi) is 4.76. The Labute approximate surface area is 142 Å². The minimum atomic E-state index is -4.36. The van der Waals surface area contributed by atoms with Crippen LogP contribution in [0.1, 0.15) is 40.9 Å². The van der Waals surface area contributed by atoms with E-state index in [1.54, 1.807) is 0 Å². The van der Waals surface area contributed by atoms with Crippen LogP contribution in [0.4, 0.5) is 13.2 Å². The Morgan fingerprint density at radius 2 is 2.00 bits per heavy atom. The molecular formula is C16H18F3N5O. The van der Waals surface area contributed by atoms with Crippen molar-refractivity contribution in [1.29, 1.82) is 0 Å². The molecule has 1 fully saturated rings. The summed E-state index contributed by atoms with van der Waals surface area (Å²) in [7, 11) is 0. The van der Waals surface area contributed by atoms with Crippen molar-refractivity contribution in [3.63, 3.8) is 0 Å². The number of halogens is 3. The van der Waals surface area contributed by atoms with E-state index in [1.165, 1.54) is 23.0 Å². The van der Waals surface area contributed by atoms with Crippen LogP contribution in [-0.2, 0) is 12.7 Å². The summed E-state index contributed by atoms with van der Waals surface area (Å²) in [6.45, 7) is 0.224. The van der Waals surface area contributed by atoms with E-state index in [2.05, 4.69) is 15.6 Å². The van der Waals surface area contributed by atoms with Crippen LogP contribution in [-0.4, -0.2) is 33.0 Å². The second-order valence-corrected chi connectivity index (χ2v) is 6.17. The van der Waals surface area contributed by atoms with E-state index in [9.17, 15) is 18.0 Å². The molecule has 0 radical (unpaired) electrons. The molecule has 1 saturated carbocycles. The van der Waals surface area contributed by atoms with E-state index in [1.807, 2.05) is 0 Å². The lowest BCUT2D eigenvalue weighted by Gasteiger charge is -2.15. The van der Waals surface area contributed by atoms with Crippen LogP contribution >= 0.6 is 0 Å². The molecule has 1 heterocycles. The van der Waals surface area contributed by atoms with Crippen molar-refractivity contribution in [1.82, 2.24) is 20.3 Å². The first kappa shape index (κ1) is 17.4. The van der Waals surface area contributed by atoms with E-state index >= 15 is 0 Å². The largest absolute Gasteiger partial charge is 0.416 e. The van der Waals surface area contributed by atoms with Gasteiger partial charge in [0.25, 0.3) is 5.91 Å². The average molecular weight is 353 g/mol. The Balaban J connectivity index is 1.62. The quantitative estimate of drug-likeness (QED) is 0.880. The number of amides is 1. The minimum Gasteiger partial charge on any atom is -0.346 e. The summed E-state index contributed by atoms with van der Waals surface area (Å²) in [4.78, 5) is 12.2. The number of nitrogens with two attached hydrogens (primary N) is 1. The molecule has 0 aliphatic heterocycles. The highest BCUT2D eigenvalue weighted by atomic mass is 19.4. The summed E-state index contributed by atoms with van der Waals surface area (Å²) in [5.74, 6) is -0.346. The number of hydrogen-bond donors (Lipinski definition) is 2. The summed E-state index contributed by atoms with van der Waals surface area (Å²) < 4.78 is 39.1. The lowest BCUT2D eigenvalue weighted by Crippen LogP contribution is -2.44. The summed E-state index contributed by atoms with van der Waals surface area (Å²) in [5, 5.41) is 10.5. The molecule has 134 valence electrons. The zero-order chi connectivity index (χ0) is 18.0. The Hall–Kier alpha value is -2.42. The third kappa shape index (κ3) is 4.16. The maximum atomic E-state index is 12.6. The molecule has 3 N–H and O–H groups in total. The smallest absolute Gasteiger partial charge is 0.346 e. The molecule has 0 unspecified atom stereocenters. The summed E-state index contributed by atoms with van der Waals surface area (Å²) >= 11 is 0. The molecule has 2 atom stereocenters. The molecule has 1 aromatic heterocycles. The average Bonchev–Trinajstić information content (AvgIpc) is 3.17. The van der Waals surface area contributed by atoms with Crippen molar-refractivity contribution >= 4 is 5.91 Å². The first-order valence-electron chi connectivity index (χ1n) is 7.95. The number of carbonyl (C=O) groups is 1. The first-order valence-corrected chi connectivity index (χ1v) is 7.95. The molecule has 1 aliphatic carbocycles. The summed E-state index contributed by atoms with van der Waals surface area (Å²) in [6.07, 6.45) is -0.198. The van der Waals surface area contributed by atoms with Crippen LogP contribution < -0.4 is 11.1 Å². The van der Waals surface area contributed by atoms with Gasteiger partial charge >= 0.3 is 6.18 Å². The molecule has 0 saturated heterocycles. The number of nitrogens with zero attached hydrogens (tertiary/aromatic N) is 3. The van der Waals surface area contributed by atoms with Crippen LogP contribution in [0.5, 0.6) is 0 Å². The summed E-state index contributed by atoms with van der Waals surface area (Å²) in [5.41, 5.74) is 6.00. The van der Waals surface area contributed by atoms with Gasteiger partial charge in [-0.15, -0.1) is 5.10 Å². The maximum Gasteiger partial charge on any atom is 0.416 e. The highest BCUT2D eigenvalue weighted by molar-refractivity contribution is 5.92. The zero-order valence-electron chi connectivity index (χ0n) is 13.3. The number of carbonyl (C=O) groups excluding carboxylic acids is 1. The maximum absolute atomic E-state index is 12.6. The van der Waals surface area contributed by atoms with Crippen molar-refractivity contribution in [2.24, 2.45) is 5.73 Å². The third-order valence-corrected chi connectivity index (χ3v) is 4.28. The van der Waals surface area contributed by atoms with E-state index in [0.29, 0.717) is 5.56 Å². The number of hydrogen-bond acceptors (Lipinski definition) is 4. The monoisotopic (exact) mass is 353 g/mol. The normalized spacial score (nSPS) is 20.6. The predicted molar refractivity (Wildman–Crippen MR) is 83.6 cm³/mol. The molecule has 0 spiro atoms. The molecule has 25 heavy (non-hydrogen) atoms. The van der Waals surface area contributed by atoms with Gasteiger partial charge in [-0.05, 0) is 37.0 Å². The van der Waals surface area contributed by atoms with Crippen molar-refractivity contribution in [2.45, 2.75) is 44.1 Å². The molecular weight excluding hydrogens is 335 g/mol. The molecule has 9 heteroatoms. The Morgan fingerprint density at radius 1 is 1.28 bits per heavy atom. The fraction of sp³-hybridized carbons (Fsp3) is 0.438. The topological polar surface area (TPSA) is 85.8 Å². The van der Waals surface area contributed by atoms with Crippen molar-refractivity contribution in [3.05, 3.63) is 47.3 Å². The summed E-state index contributed by atoms with van der Waals surface area (Å²) in [6, 6.07) is 4.67. The van der Waals surface area contributed by atoms with Gasteiger partial charge in [0, 0.05) is 12.1 Å². The number of nitrogens with one attached hydrogen (secondary N) is 1. The first-order chi connectivity index (χ1) is 11.8. The SMILES string of the molecule is N[C@H]1CCC[C@H]1NC(=O)c1cn(Cc2ccc(C(F)(F)F)cc2)nn1. The molecule has 0 bridgehead atoms. The number of benzene rings is 1. The van der Waals surface area contributed by atoms with E-state index in [-0.39, 0.29) is 30.2 Å². The fourth-order valence-corrected chi connectivity index (χ4v) is 2.88. The molecule has 1 amide bonds. The highest BCUT2D eigenvalue weighted by Crippen LogP contribution is 2.29. The molecule has 3 rings (SSSR count). The van der Waals surface area contributed by atoms with Crippen LogP contribution in [0.25, 0.3) is 0 Å². The fourth-order valence-electron chi connectivity index (χ4n) is 2.88. The van der Waals surface area contributed by atoms with Gasteiger partial charge in [0.15, 0.2) is 5.69 Å². The Bertz CT molecular complexity index is 741. The van der Waals surface area contributed by atoms with Crippen molar-refractivity contribution in [3.8, 4) is 0 Å². The van der Waals surface area contributed by atoms with Gasteiger partial charge in [-0.3, -0.25) is 4.79 Å². The molecule has 1 aromatic carbocycles. The number of alkyl halides is 3. The van der Waals surface area contributed by atoms with Gasteiger partial charge in [-0.25, -0.2) is 4.68 Å². The van der Waals surface area contributed by atoms with Gasteiger partial charge in [-0.1, -0.05) is 17.3 Å². The van der Waals surface area contributed by atoms with Gasteiger partial charge in [-0.2, -0.15) is 13.2 Å². The third-order valence-electron chi connectivity index (χ3n) is 4.28. The van der Waals surface area contributed by atoms with Crippen LogP contribution in [0, 0.1) is 0 Å². The van der Waals surface area contributed by atoms with E-state index < -0.39 is 11.7 Å².